The number of anilines is 1. The summed E-state index contributed by atoms with van der Waals surface area (Å²) in [6.07, 6.45) is 1.68. The van der Waals surface area contributed by atoms with E-state index in [0.29, 0.717) is 40.7 Å². The average Bonchev–Trinajstić information content (AvgIpc) is 2.76. The lowest BCUT2D eigenvalue weighted by Gasteiger charge is -2.47. The molecular formula is C24H31ClN4O3S. The van der Waals surface area contributed by atoms with Crippen molar-refractivity contribution in [3.05, 3.63) is 58.6 Å². The third kappa shape index (κ3) is 5.04. The lowest BCUT2D eigenvalue weighted by molar-refractivity contribution is 0.0705. The Bertz CT molecular complexity index is 1120. The normalized spacial score (nSPS) is 18.7. The van der Waals surface area contributed by atoms with Crippen LogP contribution in [0.1, 0.15) is 28.8 Å². The quantitative estimate of drug-likeness (QED) is 0.672. The van der Waals surface area contributed by atoms with Crippen molar-refractivity contribution in [2.75, 3.05) is 45.6 Å². The van der Waals surface area contributed by atoms with Gasteiger partial charge in [-0.15, -0.1) is 0 Å². The fraction of sp³-hybridized carbons (Fsp3) is 0.458. The zero-order valence-electron chi connectivity index (χ0n) is 19.3. The number of amides is 1. The highest BCUT2D eigenvalue weighted by molar-refractivity contribution is 7.89. The van der Waals surface area contributed by atoms with Gasteiger partial charge in [0.15, 0.2) is 0 Å². The second-order valence-corrected chi connectivity index (χ2v) is 11.4. The van der Waals surface area contributed by atoms with Crippen molar-refractivity contribution < 1.29 is 13.2 Å². The first kappa shape index (κ1) is 24.0. The van der Waals surface area contributed by atoms with E-state index in [4.69, 9.17) is 11.6 Å². The number of piperidine rings is 1. The van der Waals surface area contributed by atoms with E-state index >= 15 is 0 Å². The number of rotatable bonds is 6. The minimum absolute atomic E-state index is 0.114. The Balaban J connectivity index is 1.28. The molecule has 2 saturated heterocycles. The van der Waals surface area contributed by atoms with Crippen LogP contribution < -0.4 is 5.32 Å². The molecule has 2 aromatic rings. The third-order valence-electron chi connectivity index (χ3n) is 6.54. The van der Waals surface area contributed by atoms with Gasteiger partial charge in [-0.25, -0.2) is 8.42 Å². The molecule has 0 unspecified atom stereocenters. The van der Waals surface area contributed by atoms with Gasteiger partial charge in [-0.1, -0.05) is 29.8 Å². The van der Waals surface area contributed by atoms with E-state index in [2.05, 4.69) is 10.2 Å². The number of hydrogen-bond donors (Lipinski definition) is 1. The Hall–Kier alpha value is -2.13. The lowest BCUT2D eigenvalue weighted by atomic mass is 9.98. The number of carbonyl (C=O) groups is 1. The van der Waals surface area contributed by atoms with Gasteiger partial charge in [0.05, 0.1) is 21.5 Å². The Morgan fingerprint density at radius 1 is 1.09 bits per heavy atom. The number of benzene rings is 2. The number of likely N-dealkylation sites (tertiary alicyclic amines) is 1. The van der Waals surface area contributed by atoms with Crippen molar-refractivity contribution in [1.29, 1.82) is 0 Å². The fourth-order valence-corrected chi connectivity index (χ4v) is 6.55. The standard InChI is InChI=1S/C24H31ClN4O3S/c1-17-6-4-5-7-23(17)33(31,32)29-12-10-20(11-13-29)28-15-19(16-28)26-18-8-9-21(22(25)14-18)24(30)27(2)3/h4-9,14,19-20,26H,10-13,15-16H2,1-3H3. The van der Waals surface area contributed by atoms with Crippen molar-refractivity contribution >= 4 is 33.2 Å². The molecule has 4 rings (SSSR count). The summed E-state index contributed by atoms with van der Waals surface area (Å²) in [5.41, 5.74) is 2.18. The Kier molecular flexibility index (Phi) is 7.00. The van der Waals surface area contributed by atoms with Crippen molar-refractivity contribution in [2.45, 2.75) is 36.7 Å². The van der Waals surface area contributed by atoms with Crippen LogP contribution in [0.5, 0.6) is 0 Å². The van der Waals surface area contributed by atoms with Crippen LogP contribution in [0.3, 0.4) is 0 Å². The molecule has 2 aromatic carbocycles. The monoisotopic (exact) mass is 490 g/mol. The van der Waals surface area contributed by atoms with Gasteiger partial charge in [-0.2, -0.15) is 4.31 Å². The second kappa shape index (κ2) is 9.62. The van der Waals surface area contributed by atoms with E-state index in [1.54, 1.807) is 42.7 Å². The fourth-order valence-electron chi connectivity index (χ4n) is 4.59. The SMILES string of the molecule is Cc1ccccc1S(=O)(=O)N1CCC(N2CC(Nc3ccc(C(=O)N(C)C)c(Cl)c3)C2)CC1. The summed E-state index contributed by atoms with van der Waals surface area (Å²) in [4.78, 5) is 16.5. The predicted octanol–water partition coefficient (Wildman–Crippen LogP) is 3.30. The van der Waals surface area contributed by atoms with E-state index in [0.717, 1.165) is 37.2 Å². The molecule has 33 heavy (non-hydrogen) atoms. The summed E-state index contributed by atoms with van der Waals surface area (Å²) in [6.45, 7) is 4.75. The van der Waals surface area contributed by atoms with E-state index in [9.17, 15) is 13.2 Å². The van der Waals surface area contributed by atoms with Crippen LogP contribution in [-0.2, 0) is 10.0 Å². The summed E-state index contributed by atoms with van der Waals surface area (Å²) in [6, 6.07) is 13.3. The van der Waals surface area contributed by atoms with Crippen molar-refractivity contribution in [1.82, 2.24) is 14.1 Å². The molecule has 0 bridgehead atoms. The highest BCUT2D eigenvalue weighted by Gasteiger charge is 2.37. The predicted molar refractivity (Wildman–Crippen MR) is 131 cm³/mol. The molecule has 0 radical (unpaired) electrons. The first-order chi connectivity index (χ1) is 15.7. The topological polar surface area (TPSA) is 73.0 Å². The maximum absolute atomic E-state index is 13.0. The number of nitrogens with one attached hydrogen (secondary N) is 1. The summed E-state index contributed by atoms with van der Waals surface area (Å²) in [5, 5.41) is 3.93. The smallest absolute Gasteiger partial charge is 0.254 e. The third-order valence-corrected chi connectivity index (χ3v) is 8.91. The van der Waals surface area contributed by atoms with Gasteiger partial charge in [0, 0.05) is 52.0 Å². The first-order valence-corrected chi connectivity index (χ1v) is 13.1. The molecule has 2 heterocycles. The molecule has 0 aromatic heterocycles. The molecular weight excluding hydrogens is 460 g/mol. The molecule has 9 heteroatoms. The molecule has 178 valence electrons. The molecule has 2 aliphatic heterocycles. The van der Waals surface area contributed by atoms with Crippen LogP contribution >= 0.6 is 11.6 Å². The second-order valence-electron chi connectivity index (χ2n) is 9.09. The van der Waals surface area contributed by atoms with Crippen LogP contribution in [0, 0.1) is 6.92 Å². The molecule has 0 spiro atoms. The van der Waals surface area contributed by atoms with Crippen molar-refractivity contribution in [3.63, 3.8) is 0 Å². The molecule has 1 N–H and O–H groups in total. The zero-order valence-corrected chi connectivity index (χ0v) is 20.9. The van der Waals surface area contributed by atoms with Crippen LogP contribution in [0.25, 0.3) is 0 Å². The number of hydrogen-bond acceptors (Lipinski definition) is 5. The van der Waals surface area contributed by atoms with Crippen LogP contribution in [0.4, 0.5) is 5.69 Å². The maximum Gasteiger partial charge on any atom is 0.254 e. The Morgan fingerprint density at radius 2 is 1.76 bits per heavy atom. The molecule has 7 nitrogen and oxygen atoms in total. The van der Waals surface area contributed by atoms with E-state index in [1.165, 1.54) is 4.90 Å². The summed E-state index contributed by atoms with van der Waals surface area (Å²) in [7, 11) is -0.0288. The number of aryl methyl sites for hydroxylation is 1. The zero-order chi connectivity index (χ0) is 23.8. The summed E-state index contributed by atoms with van der Waals surface area (Å²) < 4.78 is 27.7. The van der Waals surface area contributed by atoms with E-state index < -0.39 is 10.0 Å². The van der Waals surface area contributed by atoms with Gasteiger partial charge >= 0.3 is 0 Å². The molecule has 1 amide bonds. The highest BCUT2D eigenvalue weighted by atomic mass is 35.5. The maximum atomic E-state index is 13.0. The van der Waals surface area contributed by atoms with Gasteiger partial charge < -0.3 is 10.2 Å². The van der Waals surface area contributed by atoms with Gasteiger partial charge in [0.25, 0.3) is 5.91 Å². The van der Waals surface area contributed by atoms with Gasteiger partial charge in [0.2, 0.25) is 10.0 Å². The summed E-state index contributed by atoms with van der Waals surface area (Å²) in [5.74, 6) is -0.114. The number of halogens is 1. The van der Waals surface area contributed by atoms with Crippen LogP contribution in [0.15, 0.2) is 47.4 Å². The molecule has 0 atom stereocenters. The molecule has 0 aliphatic carbocycles. The highest BCUT2D eigenvalue weighted by Crippen LogP contribution is 2.29. The first-order valence-electron chi connectivity index (χ1n) is 11.2. The van der Waals surface area contributed by atoms with Gasteiger partial charge in [-0.3, -0.25) is 9.69 Å². The Morgan fingerprint density at radius 3 is 2.36 bits per heavy atom. The number of carbonyl (C=O) groups excluding carboxylic acids is 1. The van der Waals surface area contributed by atoms with E-state index in [1.807, 2.05) is 25.1 Å². The lowest BCUT2D eigenvalue weighted by Crippen LogP contribution is -2.60. The minimum Gasteiger partial charge on any atom is -0.380 e. The number of nitrogens with zero attached hydrogens (tertiary/aromatic N) is 3. The largest absolute Gasteiger partial charge is 0.380 e. The van der Waals surface area contributed by atoms with E-state index in [-0.39, 0.29) is 5.91 Å². The van der Waals surface area contributed by atoms with Crippen molar-refractivity contribution in [3.8, 4) is 0 Å². The molecule has 2 aliphatic rings. The van der Waals surface area contributed by atoms with Crippen LogP contribution in [0.2, 0.25) is 5.02 Å². The van der Waals surface area contributed by atoms with Gasteiger partial charge in [-0.05, 0) is 49.6 Å². The molecule has 2 fully saturated rings. The van der Waals surface area contributed by atoms with Crippen LogP contribution in [-0.4, -0.2) is 80.8 Å². The number of sulfonamides is 1. The minimum atomic E-state index is -3.44. The average molecular weight is 491 g/mol. The van der Waals surface area contributed by atoms with Crippen molar-refractivity contribution in [2.24, 2.45) is 0 Å². The summed E-state index contributed by atoms with van der Waals surface area (Å²) >= 11 is 6.32. The Labute approximate surface area is 201 Å². The molecule has 0 saturated carbocycles. The van der Waals surface area contributed by atoms with Gasteiger partial charge in [0.1, 0.15) is 0 Å².